The van der Waals surface area contributed by atoms with E-state index in [0.717, 1.165) is 0 Å². The number of hydrogen-bond donors (Lipinski definition) is 1. The summed E-state index contributed by atoms with van der Waals surface area (Å²) in [6, 6.07) is 0.0816. The Morgan fingerprint density at radius 3 is 2.43 bits per heavy atom. The van der Waals surface area contributed by atoms with Crippen molar-refractivity contribution in [3.8, 4) is 0 Å². The molecule has 0 unspecified atom stereocenters. The maximum atomic E-state index is 11.2. The number of hydrogen-bond acceptors (Lipinski definition) is 3. The third-order valence-electron chi connectivity index (χ3n) is 1.41. The first-order valence-corrected chi connectivity index (χ1v) is 4.64. The van der Waals surface area contributed by atoms with Gasteiger partial charge in [0.25, 0.3) is 0 Å². The molecule has 0 bridgehead atoms. The molecule has 0 fully saturated rings. The van der Waals surface area contributed by atoms with Crippen molar-refractivity contribution in [2.75, 3.05) is 20.2 Å². The number of nitrogens with one attached hydrogen (secondary N) is 1. The molecule has 0 radical (unpaired) electrons. The Bertz CT molecular complexity index is 204. The lowest BCUT2D eigenvalue weighted by Crippen LogP contribution is -2.41. The molecule has 0 aromatic carbocycles. The summed E-state index contributed by atoms with van der Waals surface area (Å²) in [7, 11) is 1.53. The lowest BCUT2D eigenvalue weighted by Gasteiger charge is -2.16. The first-order valence-electron chi connectivity index (χ1n) is 4.64. The Morgan fingerprint density at radius 2 is 2.00 bits per heavy atom. The van der Waals surface area contributed by atoms with Crippen molar-refractivity contribution in [1.82, 2.24) is 10.2 Å². The maximum Gasteiger partial charge on any atom is 0.409 e. The van der Waals surface area contributed by atoms with Crippen molar-refractivity contribution in [3.63, 3.8) is 0 Å². The van der Waals surface area contributed by atoms with Gasteiger partial charge in [-0.05, 0) is 20.8 Å². The quantitative estimate of drug-likeness (QED) is 0.726. The third kappa shape index (κ3) is 5.40. The van der Waals surface area contributed by atoms with Crippen LogP contribution in [0.2, 0.25) is 0 Å². The van der Waals surface area contributed by atoms with Crippen molar-refractivity contribution in [3.05, 3.63) is 0 Å². The van der Waals surface area contributed by atoms with Gasteiger partial charge in [-0.25, -0.2) is 4.79 Å². The Hall–Kier alpha value is -1.26. The number of ether oxygens (including phenoxy) is 1. The number of carbonyl (C=O) groups is 2. The summed E-state index contributed by atoms with van der Waals surface area (Å²) in [5.74, 6) is -0.185. The van der Waals surface area contributed by atoms with Crippen LogP contribution in [0.25, 0.3) is 0 Å². The van der Waals surface area contributed by atoms with Crippen LogP contribution in [0.5, 0.6) is 0 Å². The second-order valence-corrected chi connectivity index (χ2v) is 3.28. The van der Waals surface area contributed by atoms with E-state index in [9.17, 15) is 9.59 Å². The Kier molecular flexibility index (Phi) is 5.67. The van der Waals surface area contributed by atoms with Gasteiger partial charge in [-0.1, -0.05) is 0 Å². The van der Waals surface area contributed by atoms with Crippen LogP contribution in [0, 0.1) is 0 Å². The molecule has 1 N–H and O–H groups in total. The first kappa shape index (κ1) is 12.7. The fourth-order valence-corrected chi connectivity index (χ4v) is 0.881. The molecule has 0 atom stereocenters. The molecular weight excluding hydrogens is 184 g/mol. The van der Waals surface area contributed by atoms with Gasteiger partial charge < -0.3 is 15.0 Å². The molecule has 0 heterocycles. The van der Waals surface area contributed by atoms with Gasteiger partial charge in [0.05, 0.1) is 6.61 Å². The van der Waals surface area contributed by atoms with E-state index < -0.39 is 6.09 Å². The molecule has 0 spiro atoms. The van der Waals surface area contributed by atoms with Gasteiger partial charge in [0.15, 0.2) is 0 Å². The molecule has 0 rings (SSSR count). The highest BCUT2D eigenvalue weighted by Gasteiger charge is 2.13. The predicted octanol–water partition coefficient (Wildman–Crippen LogP) is 0.599. The van der Waals surface area contributed by atoms with Gasteiger partial charge in [0, 0.05) is 13.1 Å². The average molecular weight is 202 g/mol. The predicted molar refractivity (Wildman–Crippen MR) is 52.9 cm³/mol. The van der Waals surface area contributed by atoms with Crippen LogP contribution in [0.15, 0.2) is 0 Å². The van der Waals surface area contributed by atoms with Crippen LogP contribution in [-0.4, -0.2) is 43.1 Å². The van der Waals surface area contributed by atoms with Gasteiger partial charge in [-0.15, -0.1) is 0 Å². The van der Waals surface area contributed by atoms with E-state index in [1.165, 1.54) is 11.9 Å². The topological polar surface area (TPSA) is 58.6 Å². The minimum Gasteiger partial charge on any atom is -0.450 e. The number of amides is 2. The molecule has 0 saturated heterocycles. The third-order valence-corrected chi connectivity index (χ3v) is 1.41. The minimum absolute atomic E-state index is 0.0248. The highest BCUT2D eigenvalue weighted by atomic mass is 16.6. The Balaban J connectivity index is 3.87. The summed E-state index contributed by atoms with van der Waals surface area (Å²) in [5.41, 5.74) is 0. The lowest BCUT2D eigenvalue weighted by atomic mass is 10.4. The van der Waals surface area contributed by atoms with Gasteiger partial charge in [-0.2, -0.15) is 0 Å². The van der Waals surface area contributed by atoms with Crippen LogP contribution in [-0.2, 0) is 9.53 Å². The van der Waals surface area contributed by atoms with Gasteiger partial charge in [0.1, 0.15) is 6.54 Å². The van der Waals surface area contributed by atoms with E-state index in [4.69, 9.17) is 4.74 Å². The number of nitrogens with zero attached hydrogens (tertiary/aromatic N) is 1. The summed E-state index contributed by atoms with van der Waals surface area (Å²) < 4.78 is 4.72. The van der Waals surface area contributed by atoms with Crippen molar-refractivity contribution in [2.45, 2.75) is 26.8 Å². The smallest absolute Gasteiger partial charge is 0.409 e. The van der Waals surface area contributed by atoms with E-state index in [2.05, 4.69) is 5.32 Å². The highest BCUT2D eigenvalue weighted by Crippen LogP contribution is 1.90. The van der Waals surface area contributed by atoms with Crippen LogP contribution >= 0.6 is 0 Å². The molecule has 14 heavy (non-hydrogen) atoms. The molecule has 0 saturated carbocycles. The Labute approximate surface area is 84.4 Å². The second-order valence-electron chi connectivity index (χ2n) is 3.28. The molecule has 0 aliphatic heterocycles. The van der Waals surface area contributed by atoms with Crippen LogP contribution in [0.3, 0.4) is 0 Å². The second kappa shape index (κ2) is 6.23. The van der Waals surface area contributed by atoms with Gasteiger partial charge in [0.2, 0.25) is 5.91 Å². The van der Waals surface area contributed by atoms with Gasteiger partial charge >= 0.3 is 6.09 Å². The van der Waals surface area contributed by atoms with E-state index >= 15 is 0 Å². The molecular formula is C9H18N2O3. The standard InChI is InChI=1S/C9H18N2O3/c1-5-14-9(13)11(4)6-8(12)10-7(2)3/h7H,5-6H2,1-4H3,(H,10,12). The van der Waals surface area contributed by atoms with Crippen molar-refractivity contribution >= 4 is 12.0 Å². The zero-order valence-electron chi connectivity index (χ0n) is 9.16. The Morgan fingerprint density at radius 1 is 1.43 bits per heavy atom. The SMILES string of the molecule is CCOC(=O)N(C)CC(=O)NC(C)C. The summed E-state index contributed by atoms with van der Waals surface area (Å²) in [4.78, 5) is 23.5. The van der Waals surface area contributed by atoms with Crippen LogP contribution in [0.1, 0.15) is 20.8 Å². The highest BCUT2D eigenvalue weighted by molar-refractivity contribution is 5.82. The zero-order valence-corrected chi connectivity index (χ0v) is 9.16. The summed E-state index contributed by atoms with van der Waals surface area (Å²) in [6.07, 6.45) is -0.480. The normalized spacial score (nSPS) is 9.79. The summed E-state index contributed by atoms with van der Waals surface area (Å²) in [5, 5.41) is 2.68. The number of rotatable bonds is 4. The molecule has 0 aromatic heterocycles. The molecule has 0 aliphatic carbocycles. The summed E-state index contributed by atoms with van der Waals surface area (Å²) >= 11 is 0. The average Bonchev–Trinajstić information content (AvgIpc) is 2.02. The molecule has 0 aliphatic rings. The molecule has 5 nitrogen and oxygen atoms in total. The number of carbonyl (C=O) groups excluding carboxylic acids is 2. The largest absolute Gasteiger partial charge is 0.450 e. The molecule has 82 valence electrons. The number of likely N-dealkylation sites (N-methyl/N-ethyl adjacent to an activating group) is 1. The van der Waals surface area contributed by atoms with Crippen LogP contribution in [0.4, 0.5) is 4.79 Å². The lowest BCUT2D eigenvalue weighted by molar-refractivity contribution is -0.122. The molecule has 5 heteroatoms. The van der Waals surface area contributed by atoms with E-state index in [0.29, 0.717) is 6.61 Å². The van der Waals surface area contributed by atoms with E-state index in [1.807, 2.05) is 13.8 Å². The molecule has 2 amide bonds. The van der Waals surface area contributed by atoms with Crippen LogP contribution < -0.4 is 5.32 Å². The molecule has 0 aromatic rings. The fraction of sp³-hybridized carbons (Fsp3) is 0.778. The van der Waals surface area contributed by atoms with E-state index in [1.54, 1.807) is 6.92 Å². The van der Waals surface area contributed by atoms with Gasteiger partial charge in [-0.3, -0.25) is 4.79 Å². The van der Waals surface area contributed by atoms with Crippen molar-refractivity contribution in [1.29, 1.82) is 0 Å². The van der Waals surface area contributed by atoms with E-state index in [-0.39, 0.29) is 18.5 Å². The first-order chi connectivity index (χ1) is 6.47. The van der Waals surface area contributed by atoms with Crippen molar-refractivity contribution in [2.24, 2.45) is 0 Å². The zero-order chi connectivity index (χ0) is 11.1. The minimum atomic E-state index is -0.480. The maximum absolute atomic E-state index is 11.2. The monoisotopic (exact) mass is 202 g/mol. The summed E-state index contributed by atoms with van der Waals surface area (Å²) in [6.45, 7) is 5.79. The fourth-order valence-electron chi connectivity index (χ4n) is 0.881. The van der Waals surface area contributed by atoms with Crippen molar-refractivity contribution < 1.29 is 14.3 Å².